The minimum absolute atomic E-state index is 0.0154. The summed E-state index contributed by atoms with van der Waals surface area (Å²) in [6.07, 6.45) is 5.57. The zero-order valence-corrected chi connectivity index (χ0v) is 20.8. The summed E-state index contributed by atoms with van der Waals surface area (Å²) in [5.41, 5.74) is -1.14. The van der Waals surface area contributed by atoms with Crippen LogP contribution in [0.1, 0.15) is 33.1 Å². The van der Waals surface area contributed by atoms with Crippen molar-refractivity contribution < 1.29 is 26.4 Å². The lowest BCUT2D eigenvalue weighted by atomic mass is 10.0. The minimum Gasteiger partial charge on any atom is -0.472 e. The van der Waals surface area contributed by atoms with E-state index in [0.717, 1.165) is 6.26 Å². The first-order valence-electron chi connectivity index (χ1n) is 10.8. The van der Waals surface area contributed by atoms with E-state index < -0.39 is 25.6 Å². The number of carbonyl (C=O) groups is 1. The van der Waals surface area contributed by atoms with Crippen LogP contribution in [0.2, 0.25) is 0 Å². The van der Waals surface area contributed by atoms with E-state index in [2.05, 4.69) is 15.3 Å². The van der Waals surface area contributed by atoms with E-state index in [0.29, 0.717) is 56.4 Å². The van der Waals surface area contributed by atoms with Crippen LogP contribution in [0.3, 0.4) is 0 Å². The fraction of sp³-hybridized carbons (Fsp3) is 0.737. The summed E-state index contributed by atoms with van der Waals surface area (Å²) >= 11 is 0. The number of ether oxygens (including phenoxy) is 1. The van der Waals surface area contributed by atoms with Crippen LogP contribution in [-0.2, 0) is 24.8 Å². The van der Waals surface area contributed by atoms with Crippen molar-refractivity contribution >= 4 is 37.7 Å². The highest BCUT2D eigenvalue weighted by molar-refractivity contribution is 7.88. The molecule has 2 fully saturated rings. The van der Waals surface area contributed by atoms with Crippen LogP contribution in [0, 0.1) is 0 Å². The Bertz CT molecular complexity index is 1150. The molecule has 0 radical (unpaired) electrons. The van der Waals surface area contributed by atoms with Gasteiger partial charge in [0.2, 0.25) is 26.0 Å². The zero-order valence-electron chi connectivity index (χ0n) is 19.2. The van der Waals surface area contributed by atoms with Crippen molar-refractivity contribution in [2.45, 2.75) is 50.8 Å². The minimum atomic E-state index is -3.37. The molecule has 0 aliphatic carbocycles. The first-order valence-corrected chi connectivity index (χ1v) is 14.5. The number of anilines is 2. The lowest BCUT2D eigenvalue weighted by molar-refractivity contribution is -0.133. The summed E-state index contributed by atoms with van der Waals surface area (Å²) in [6.45, 7) is 4.67. The van der Waals surface area contributed by atoms with Gasteiger partial charge in [-0.15, -0.1) is 0 Å². The van der Waals surface area contributed by atoms with Gasteiger partial charge in [0.15, 0.2) is 17.2 Å². The average Bonchev–Trinajstić information content (AvgIpc) is 3.19. The number of nitrogens with one attached hydrogen (secondary N) is 1. The van der Waals surface area contributed by atoms with Gasteiger partial charge >= 0.3 is 0 Å². The highest BCUT2D eigenvalue weighted by Gasteiger charge is 2.47. The molecular weight excluding hydrogens is 472 g/mol. The van der Waals surface area contributed by atoms with Crippen molar-refractivity contribution in [2.24, 2.45) is 0 Å². The second kappa shape index (κ2) is 8.32. The molecular formula is C19H30N6O6S2. The van der Waals surface area contributed by atoms with Gasteiger partial charge in [-0.25, -0.2) is 30.4 Å². The molecule has 0 bridgehead atoms. The van der Waals surface area contributed by atoms with Crippen LogP contribution in [0.5, 0.6) is 5.75 Å². The summed E-state index contributed by atoms with van der Waals surface area (Å²) in [5.74, 6) is 0.688. The van der Waals surface area contributed by atoms with E-state index >= 15 is 0 Å². The molecule has 0 aromatic carbocycles. The number of fused-ring (bicyclic) bond motifs is 1. The number of aromatic nitrogens is 2. The average molecular weight is 503 g/mol. The standard InChI is InChI=1S/C19H30N6O6S2/c1-19(2)17(26)25(14-7-10-24(12-14)33(4,29)30)16-15(31-19)11-20-18(22-16)21-13-5-8-23(9-6-13)32(3,27)28/h11,13-14H,5-10,12H2,1-4H3,(H,20,21,22)/t14-/m0/s1. The molecule has 1 atom stereocenters. The summed E-state index contributed by atoms with van der Waals surface area (Å²) in [4.78, 5) is 23.7. The van der Waals surface area contributed by atoms with Gasteiger partial charge in [-0.05, 0) is 33.1 Å². The molecule has 4 heterocycles. The second-order valence-corrected chi connectivity index (χ2v) is 13.3. The van der Waals surface area contributed by atoms with Crippen LogP contribution >= 0.6 is 0 Å². The number of carbonyl (C=O) groups excluding carboxylic acids is 1. The number of nitrogens with zero attached hydrogens (tertiary/aromatic N) is 5. The van der Waals surface area contributed by atoms with Gasteiger partial charge in [-0.3, -0.25) is 9.69 Å². The highest BCUT2D eigenvalue weighted by Crippen LogP contribution is 2.39. The van der Waals surface area contributed by atoms with Gasteiger partial charge in [0.1, 0.15) is 0 Å². The van der Waals surface area contributed by atoms with Crippen LogP contribution in [-0.4, -0.2) is 97.7 Å². The molecule has 4 rings (SSSR count). The molecule has 1 amide bonds. The molecule has 3 aliphatic rings. The SMILES string of the molecule is CC1(C)Oc2cnc(NC3CCN(S(C)(=O)=O)CC3)nc2N([C@H]2CCN(S(C)(=O)=O)C2)C1=O. The number of sulfonamides is 2. The molecule has 2 saturated heterocycles. The monoisotopic (exact) mass is 502 g/mol. The smallest absolute Gasteiger partial charge is 0.272 e. The number of hydrogen-bond acceptors (Lipinski definition) is 9. The Morgan fingerprint density at radius 2 is 1.64 bits per heavy atom. The van der Waals surface area contributed by atoms with Crippen molar-refractivity contribution in [3.63, 3.8) is 0 Å². The first-order chi connectivity index (χ1) is 15.3. The van der Waals surface area contributed by atoms with Gasteiger partial charge in [0.05, 0.1) is 24.8 Å². The first kappa shape index (κ1) is 24.1. The Kier molecular flexibility index (Phi) is 6.08. The van der Waals surface area contributed by atoms with E-state index in [9.17, 15) is 21.6 Å². The van der Waals surface area contributed by atoms with E-state index in [1.165, 1.54) is 21.1 Å². The number of hydrogen-bond donors (Lipinski definition) is 1. The van der Waals surface area contributed by atoms with E-state index in [-0.39, 0.29) is 24.5 Å². The lowest BCUT2D eigenvalue weighted by Crippen LogP contribution is -2.57. The molecule has 0 unspecified atom stereocenters. The van der Waals surface area contributed by atoms with Gasteiger partial charge in [-0.2, -0.15) is 4.98 Å². The predicted molar refractivity (Wildman–Crippen MR) is 122 cm³/mol. The van der Waals surface area contributed by atoms with Crippen LogP contribution in [0.4, 0.5) is 11.8 Å². The van der Waals surface area contributed by atoms with Crippen molar-refractivity contribution in [1.82, 2.24) is 18.6 Å². The lowest BCUT2D eigenvalue weighted by Gasteiger charge is -2.40. The summed E-state index contributed by atoms with van der Waals surface area (Å²) in [5, 5.41) is 3.24. The zero-order chi connectivity index (χ0) is 24.2. The number of piperidine rings is 1. The fourth-order valence-corrected chi connectivity index (χ4v) is 6.21. The fourth-order valence-electron chi connectivity index (χ4n) is 4.46. The Morgan fingerprint density at radius 1 is 1.03 bits per heavy atom. The van der Waals surface area contributed by atoms with Gasteiger partial charge < -0.3 is 10.1 Å². The third kappa shape index (κ3) is 4.93. The molecule has 3 aliphatic heterocycles. The Morgan fingerprint density at radius 3 is 2.21 bits per heavy atom. The predicted octanol–water partition coefficient (Wildman–Crippen LogP) is -0.150. The molecule has 1 N–H and O–H groups in total. The van der Waals surface area contributed by atoms with Gasteiger partial charge in [0, 0.05) is 32.2 Å². The maximum Gasteiger partial charge on any atom is 0.272 e. The van der Waals surface area contributed by atoms with E-state index in [1.807, 2.05) is 0 Å². The van der Waals surface area contributed by atoms with Crippen LogP contribution in [0.15, 0.2) is 6.20 Å². The normalized spacial score (nSPS) is 25.0. The topological polar surface area (TPSA) is 142 Å². The molecule has 12 nitrogen and oxygen atoms in total. The maximum atomic E-state index is 13.3. The Balaban J connectivity index is 1.56. The molecule has 0 saturated carbocycles. The summed E-state index contributed by atoms with van der Waals surface area (Å²) < 4.78 is 56.1. The molecule has 33 heavy (non-hydrogen) atoms. The van der Waals surface area contributed by atoms with E-state index in [4.69, 9.17) is 4.74 Å². The third-order valence-electron chi connectivity index (χ3n) is 6.28. The second-order valence-electron chi connectivity index (χ2n) is 9.31. The van der Waals surface area contributed by atoms with Crippen molar-refractivity contribution in [3.05, 3.63) is 6.20 Å². The number of amides is 1. The summed E-state index contributed by atoms with van der Waals surface area (Å²) in [6, 6.07) is -0.381. The highest BCUT2D eigenvalue weighted by atomic mass is 32.2. The molecule has 1 aromatic heterocycles. The molecule has 0 spiro atoms. The third-order valence-corrected chi connectivity index (χ3v) is 8.85. The van der Waals surface area contributed by atoms with Gasteiger partial charge in [0.25, 0.3) is 5.91 Å². The van der Waals surface area contributed by atoms with Crippen LogP contribution < -0.4 is 15.0 Å². The summed E-state index contributed by atoms with van der Waals surface area (Å²) in [7, 11) is -6.58. The number of rotatable bonds is 5. The van der Waals surface area contributed by atoms with Crippen molar-refractivity contribution in [2.75, 3.05) is 48.9 Å². The van der Waals surface area contributed by atoms with Crippen molar-refractivity contribution in [3.8, 4) is 5.75 Å². The maximum absolute atomic E-state index is 13.3. The quantitative estimate of drug-likeness (QED) is 0.581. The van der Waals surface area contributed by atoms with Crippen LogP contribution in [0.25, 0.3) is 0 Å². The van der Waals surface area contributed by atoms with Gasteiger partial charge in [-0.1, -0.05) is 0 Å². The Labute approximate surface area is 194 Å². The van der Waals surface area contributed by atoms with Crippen molar-refractivity contribution in [1.29, 1.82) is 0 Å². The van der Waals surface area contributed by atoms with E-state index in [1.54, 1.807) is 18.7 Å². The molecule has 184 valence electrons. The largest absolute Gasteiger partial charge is 0.472 e. The Hall–Kier alpha value is -2.03. The molecule has 14 heteroatoms. The molecule has 1 aromatic rings.